The third kappa shape index (κ3) is 2.63. The van der Waals surface area contributed by atoms with Crippen LogP contribution in [-0.4, -0.2) is 39.1 Å². The SMILES string of the molecule is CCc1nn(C)cc1C(=O)N(CCCl)C1CC1. The van der Waals surface area contributed by atoms with E-state index in [-0.39, 0.29) is 5.91 Å². The van der Waals surface area contributed by atoms with Crippen molar-refractivity contribution in [1.29, 1.82) is 0 Å². The summed E-state index contributed by atoms with van der Waals surface area (Å²) < 4.78 is 1.71. The third-order valence-electron chi connectivity index (χ3n) is 3.04. The van der Waals surface area contributed by atoms with Gasteiger partial charge in [0.05, 0.1) is 11.3 Å². The second kappa shape index (κ2) is 5.08. The molecule has 0 bridgehead atoms. The number of aromatic nitrogens is 2. The van der Waals surface area contributed by atoms with E-state index in [0.29, 0.717) is 18.5 Å². The molecule has 0 N–H and O–H groups in total. The molecule has 0 unspecified atom stereocenters. The molecule has 0 aromatic carbocycles. The predicted molar refractivity (Wildman–Crippen MR) is 67.4 cm³/mol. The van der Waals surface area contributed by atoms with Gasteiger partial charge in [0.15, 0.2) is 0 Å². The summed E-state index contributed by atoms with van der Waals surface area (Å²) in [5.74, 6) is 0.572. The summed E-state index contributed by atoms with van der Waals surface area (Å²) in [4.78, 5) is 14.3. The molecule has 1 aliphatic rings. The van der Waals surface area contributed by atoms with Gasteiger partial charge in [-0.15, -0.1) is 11.6 Å². The second-order valence-electron chi connectivity index (χ2n) is 4.44. The largest absolute Gasteiger partial charge is 0.334 e. The zero-order valence-corrected chi connectivity index (χ0v) is 11.1. The van der Waals surface area contributed by atoms with Crippen molar-refractivity contribution in [2.24, 2.45) is 7.05 Å². The van der Waals surface area contributed by atoms with Crippen molar-refractivity contribution in [1.82, 2.24) is 14.7 Å². The number of hydrogen-bond donors (Lipinski definition) is 0. The Labute approximate surface area is 107 Å². The molecule has 0 saturated heterocycles. The van der Waals surface area contributed by atoms with Crippen LogP contribution in [-0.2, 0) is 13.5 Å². The van der Waals surface area contributed by atoms with Gasteiger partial charge in [-0.2, -0.15) is 5.10 Å². The lowest BCUT2D eigenvalue weighted by Crippen LogP contribution is -2.35. The summed E-state index contributed by atoms with van der Waals surface area (Å²) in [6.07, 6.45) is 4.79. The first-order valence-corrected chi connectivity index (χ1v) is 6.60. The summed E-state index contributed by atoms with van der Waals surface area (Å²) >= 11 is 5.76. The van der Waals surface area contributed by atoms with Crippen molar-refractivity contribution in [2.45, 2.75) is 32.2 Å². The molecule has 0 atom stereocenters. The van der Waals surface area contributed by atoms with Gasteiger partial charge in [-0.3, -0.25) is 9.48 Å². The van der Waals surface area contributed by atoms with E-state index in [2.05, 4.69) is 5.10 Å². The zero-order chi connectivity index (χ0) is 12.4. The van der Waals surface area contributed by atoms with E-state index >= 15 is 0 Å². The Morgan fingerprint density at radius 3 is 2.88 bits per heavy atom. The minimum Gasteiger partial charge on any atom is -0.334 e. The van der Waals surface area contributed by atoms with Crippen LogP contribution in [0.3, 0.4) is 0 Å². The van der Waals surface area contributed by atoms with Crippen LogP contribution in [0.1, 0.15) is 35.8 Å². The first-order valence-electron chi connectivity index (χ1n) is 6.06. The number of carbonyl (C=O) groups excluding carboxylic acids is 1. The first kappa shape index (κ1) is 12.4. The summed E-state index contributed by atoms with van der Waals surface area (Å²) in [6.45, 7) is 2.64. The fourth-order valence-corrected chi connectivity index (χ4v) is 2.24. The summed E-state index contributed by atoms with van der Waals surface area (Å²) in [5, 5.41) is 4.31. The maximum Gasteiger partial charge on any atom is 0.257 e. The topological polar surface area (TPSA) is 38.1 Å². The van der Waals surface area contributed by atoms with Crippen molar-refractivity contribution in [3.05, 3.63) is 17.5 Å². The smallest absolute Gasteiger partial charge is 0.257 e. The van der Waals surface area contributed by atoms with Gasteiger partial charge in [0.25, 0.3) is 5.91 Å². The van der Waals surface area contributed by atoms with Crippen LogP contribution in [0, 0.1) is 0 Å². The van der Waals surface area contributed by atoms with E-state index < -0.39 is 0 Å². The Balaban J connectivity index is 2.21. The van der Waals surface area contributed by atoms with Crippen molar-refractivity contribution in [3.8, 4) is 0 Å². The molecule has 1 heterocycles. The normalized spacial score (nSPS) is 15.0. The lowest BCUT2D eigenvalue weighted by molar-refractivity contribution is 0.0752. The molecule has 1 aliphatic carbocycles. The predicted octanol–water partition coefficient (Wildman–Crippen LogP) is 1.83. The number of amides is 1. The molecule has 0 aliphatic heterocycles. The monoisotopic (exact) mass is 255 g/mol. The first-order chi connectivity index (χ1) is 8.17. The molecular formula is C12H18ClN3O. The number of hydrogen-bond acceptors (Lipinski definition) is 2. The van der Waals surface area contributed by atoms with Crippen LogP contribution >= 0.6 is 11.6 Å². The third-order valence-corrected chi connectivity index (χ3v) is 3.21. The van der Waals surface area contributed by atoms with Gasteiger partial charge in [0.2, 0.25) is 0 Å². The van der Waals surface area contributed by atoms with Crippen LogP contribution in [0.5, 0.6) is 0 Å². The number of aryl methyl sites for hydroxylation is 2. The molecule has 2 rings (SSSR count). The van der Waals surface area contributed by atoms with Gasteiger partial charge in [-0.05, 0) is 19.3 Å². The lowest BCUT2D eigenvalue weighted by Gasteiger charge is -2.20. The number of nitrogens with zero attached hydrogens (tertiary/aromatic N) is 3. The van der Waals surface area contributed by atoms with Gasteiger partial charge in [-0.1, -0.05) is 6.92 Å². The van der Waals surface area contributed by atoms with Gasteiger partial charge in [-0.25, -0.2) is 0 Å². The average Bonchev–Trinajstić information content (AvgIpc) is 3.08. The molecule has 1 fully saturated rings. The molecule has 0 spiro atoms. The molecule has 1 amide bonds. The summed E-state index contributed by atoms with van der Waals surface area (Å²) in [7, 11) is 1.85. The highest BCUT2D eigenvalue weighted by Crippen LogP contribution is 2.28. The Morgan fingerprint density at radius 2 is 2.35 bits per heavy atom. The van der Waals surface area contributed by atoms with Gasteiger partial charge >= 0.3 is 0 Å². The van der Waals surface area contributed by atoms with Crippen LogP contribution in [0.4, 0.5) is 0 Å². The standard InChI is InChI=1S/C12H18ClN3O/c1-3-11-10(8-15(2)14-11)12(17)16(7-6-13)9-4-5-9/h8-9H,3-7H2,1-2H3. The summed E-state index contributed by atoms with van der Waals surface area (Å²) in [5.41, 5.74) is 1.60. The quantitative estimate of drug-likeness (QED) is 0.753. The van der Waals surface area contributed by atoms with E-state index in [1.807, 2.05) is 25.1 Å². The highest BCUT2D eigenvalue weighted by Gasteiger charge is 2.33. The van der Waals surface area contributed by atoms with Crippen LogP contribution in [0.2, 0.25) is 0 Å². The Kier molecular flexibility index (Phi) is 3.72. The lowest BCUT2D eigenvalue weighted by atomic mass is 10.2. The Morgan fingerprint density at radius 1 is 1.65 bits per heavy atom. The van der Waals surface area contributed by atoms with E-state index in [1.165, 1.54) is 0 Å². The fourth-order valence-electron chi connectivity index (χ4n) is 2.06. The second-order valence-corrected chi connectivity index (χ2v) is 4.81. The zero-order valence-electron chi connectivity index (χ0n) is 10.3. The molecular weight excluding hydrogens is 238 g/mol. The maximum atomic E-state index is 12.4. The van der Waals surface area contributed by atoms with Crippen LogP contribution in [0.25, 0.3) is 0 Å². The number of halogens is 1. The maximum absolute atomic E-state index is 12.4. The number of rotatable bonds is 5. The van der Waals surface area contributed by atoms with Crippen molar-refractivity contribution < 1.29 is 4.79 Å². The van der Waals surface area contributed by atoms with Crippen LogP contribution in [0.15, 0.2) is 6.20 Å². The molecule has 4 nitrogen and oxygen atoms in total. The van der Waals surface area contributed by atoms with E-state index in [1.54, 1.807) is 4.68 Å². The minimum atomic E-state index is 0.0816. The minimum absolute atomic E-state index is 0.0816. The summed E-state index contributed by atoms with van der Waals surface area (Å²) in [6, 6.07) is 0.395. The molecule has 0 radical (unpaired) electrons. The van der Waals surface area contributed by atoms with Crippen LogP contribution < -0.4 is 0 Å². The van der Waals surface area contributed by atoms with Gasteiger partial charge in [0, 0.05) is 31.7 Å². The van der Waals surface area contributed by atoms with E-state index in [4.69, 9.17) is 11.6 Å². The van der Waals surface area contributed by atoms with E-state index in [0.717, 1.165) is 30.5 Å². The highest BCUT2D eigenvalue weighted by molar-refractivity contribution is 6.18. The Hall–Kier alpha value is -1.03. The Bertz CT molecular complexity index is 412. The van der Waals surface area contributed by atoms with Crippen molar-refractivity contribution in [3.63, 3.8) is 0 Å². The number of carbonyl (C=O) groups is 1. The van der Waals surface area contributed by atoms with Crippen molar-refractivity contribution >= 4 is 17.5 Å². The molecule has 1 aromatic heterocycles. The molecule has 17 heavy (non-hydrogen) atoms. The van der Waals surface area contributed by atoms with Gasteiger partial charge in [0.1, 0.15) is 0 Å². The molecule has 5 heteroatoms. The molecule has 1 aromatic rings. The molecule has 94 valence electrons. The van der Waals surface area contributed by atoms with Crippen molar-refractivity contribution in [2.75, 3.05) is 12.4 Å². The highest BCUT2D eigenvalue weighted by atomic mass is 35.5. The molecule has 1 saturated carbocycles. The number of alkyl halides is 1. The average molecular weight is 256 g/mol. The van der Waals surface area contributed by atoms with E-state index in [9.17, 15) is 4.79 Å². The van der Waals surface area contributed by atoms with Gasteiger partial charge < -0.3 is 4.90 Å². The fraction of sp³-hybridized carbons (Fsp3) is 0.667.